The van der Waals surface area contributed by atoms with Gasteiger partial charge in [-0.25, -0.2) is 0 Å². The maximum atomic E-state index is 9.17. The summed E-state index contributed by atoms with van der Waals surface area (Å²) in [5, 5.41) is 18.3. The van der Waals surface area contributed by atoms with Gasteiger partial charge in [-0.2, -0.15) is 0 Å². The summed E-state index contributed by atoms with van der Waals surface area (Å²) in [4.78, 5) is 4.36. The third kappa shape index (κ3) is 5.25. The zero-order valence-corrected chi connectivity index (χ0v) is 11.2. The average molecular weight is 232 g/mol. The first-order chi connectivity index (χ1) is 7.60. The smallest absolute Gasteiger partial charge is 0.0586 e. The Morgan fingerprint density at radius 1 is 0.812 bits per heavy atom. The Morgan fingerprint density at radius 2 is 1.12 bits per heavy atom. The molecule has 98 valence electrons. The second-order valence-electron chi connectivity index (χ2n) is 4.45. The first-order valence-electron chi connectivity index (χ1n) is 6.22. The third-order valence-electron chi connectivity index (χ3n) is 3.42. The van der Waals surface area contributed by atoms with E-state index in [4.69, 9.17) is 10.2 Å². The molecule has 4 nitrogen and oxygen atoms in total. The Kier molecular flexibility index (Phi) is 8.84. The van der Waals surface area contributed by atoms with Crippen LogP contribution in [0.3, 0.4) is 0 Å². The summed E-state index contributed by atoms with van der Waals surface area (Å²) in [5.41, 5.74) is 0. The van der Waals surface area contributed by atoms with E-state index >= 15 is 0 Å². The molecule has 0 radical (unpaired) electrons. The van der Waals surface area contributed by atoms with E-state index in [-0.39, 0.29) is 25.3 Å². The fourth-order valence-corrected chi connectivity index (χ4v) is 1.84. The first kappa shape index (κ1) is 15.8. The van der Waals surface area contributed by atoms with Crippen LogP contribution in [-0.4, -0.2) is 72.5 Å². The minimum Gasteiger partial charge on any atom is -0.395 e. The van der Waals surface area contributed by atoms with E-state index in [1.54, 1.807) is 0 Å². The number of rotatable bonds is 9. The summed E-state index contributed by atoms with van der Waals surface area (Å²) >= 11 is 0. The van der Waals surface area contributed by atoms with Crippen LogP contribution in [0.1, 0.15) is 26.7 Å². The summed E-state index contributed by atoms with van der Waals surface area (Å²) in [5.74, 6) is 0. The molecule has 0 aromatic rings. The van der Waals surface area contributed by atoms with Crippen molar-refractivity contribution in [1.29, 1.82) is 0 Å². The normalized spacial score (nSPS) is 15.8. The molecule has 0 fully saturated rings. The molecule has 0 aromatic heterocycles. The van der Waals surface area contributed by atoms with Gasteiger partial charge in [-0.1, -0.05) is 13.8 Å². The van der Waals surface area contributed by atoms with E-state index in [0.29, 0.717) is 0 Å². The number of aliphatic hydroxyl groups excluding tert-OH is 2. The molecule has 2 unspecified atom stereocenters. The standard InChI is InChI=1S/C12H28N2O2/c1-5-11(9-15)13(3)7-8-14(4)12(6-2)10-16/h11-12,15-16H,5-10H2,1-4H3. The van der Waals surface area contributed by atoms with Crippen LogP contribution < -0.4 is 0 Å². The minimum absolute atomic E-state index is 0.216. The van der Waals surface area contributed by atoms with Gasteiger partial charge in [0.15, 0.2) is 0 Å². The van der Waals surface area contributed by atoms with E-state index in [1.165, 1.54) is 0 Å². The Balaban J connectivity index is 3.93. The molecule has 0 aliphatic heterocycles. The van der Waals surface area contributed by atoms with Gasteiger partial charge in [0.2, 0.25) is 0 Å². The number of nitrogens with zero attached hydrogens (tertiary/aromatic N) is 2. The predicted molar refractivity (Wildman–Crippen MR) is 67.6 cm³/mol. The van der Waals surface area contributed by atoms with Gasteiger partial charge in [0.05, 0.1) is 13.2 Å². The highest BCUT2D eigenvalue weighted by Gasteiger charge is 2.15. The zero-order chi connectivity index (χ0) is 12.6. The quantitative estimate of drug-likeness (QED) is 0.604. The number of hydrogen-bond donors (Lipinski definition) is 2. The summed E-state index contributed by atoms with van der Waals surface area (Å²) in [6.07, 6.45) is 1.93. The Labute approximate surface area is 99.9 Å². The van der Waals surface area contributed by atoms with Crippen LogP contribution in [0.5, 0.6) is 0 Å². The minimum atomic E-state index is 0.216. The molecule has 0 spiro atoms. The molecule has 0 saturated heterocycles. The van der Waals surface area contributed by atoms with Crippen LogP contribution in [-0.2, 0) is 0 Å². The van der Waals surface area contributed by atoms with E-state index < -0.39 is 0 Å². The van der Waals surface area contributed by atoms with Crippen LogP contribution in [0.2, 0.25) is 0 Å². The van der Waals surface area contributed by atoms with Crippen LogP contribution in [0.4, 0.5) is 0 Å². The third-order valence-corrected chi connectivity index (χ3v) is 3.42. The Morgan fingerprint density at radius 3 is 1.31 bits per heavy atom. The van der Waals surface area contributed by atoms with Gasteiger partial charge in [0.1, 0.15) is 0 Å². The average Bonchev–Trinajstić information content (AvgIpc) is 2.29. The van der Waals surface area contributed by atoms with Crippen LogP contribution in [0, 0.1) is 0 Å². The second kappa shape index (κ2) is 8.93. The van der Waals surface area contributed by atoms with Crippen molar-refractivity contribution < 1.29 is 10.2 Å². The van der Waals surface area contributed by atoms with E-state index in [0.717, 1.165) is 25.9 Å². The lowest BCUT2D eigenvalue weighted by Crippen LogP contribution is -2.42. The van der Waals surface area contributed by atoms with Crippen molar-refractivity contribution in [2.75, 3.05) is 40.4 Å². The second-order valence-corrected chi connectivity index (χ2v) is 4.45. The highest BCUT2D eigenvalue weighted by atomic mass is 16.3. The van der Waals surface area contributed by atoms with Gasteiger partial charge in [0.25, 0.3) is 0 Å². The number of hydrogen-bond acceptors (Lipinski definition) is 4. The van der Waals surface area contributed by atoms with E-state index in [2.05, 4.69) is 23.6 Å². The van der Waals surface area contributed by atoms with Gasteiger partial charge in [-0.05, 0) is 26.9 Å². The van der Waals surface area contributed by atoms with Gasteiger partial charge >= 0.3 is 0 Å². The van der Waals surface area contributed by atoms with Gasteiger partial charge in [0, 0.05) is 25.2 Å². The highest BCUT2D eigenvalue weighted by molar-refractivity contribution is 4.70. The highest BCUT2D eigenvalue weighted by Crippen LogP contribution is 2.03. The Bertz CT molecular complexity index is 141. The van der Waals surface area contributed by atoms with Crippen molar-refractivity contribution in [2.24, 2.45) is 0 Å². The van der Waals surface area contributed by atoms with Crippen LogP contribution >= 0.6 is 0 Å². The summed E-state index contributed by atoms with van der Waals surface area (Å²) < 4.78 is 0. The molecule has 0 amide bonds. The van der Waals surface area contributed by atoms with Crippen molar-refractivity contribution in [3.05, 3.63) is 0 Å². The largest absolute Gasteiger partial charge is 0.395 e. The number of likely N-dealkylation sites (N-methyl/N-ethyl adjacent to an activating group) is 2. The number of aliphatic hydroxyl groups is 2. The van der Waals surface area contributed by atoms with Crippen molar-refractivity contribution in [1.82, 2.24) is 9.80 Å². The molecule has 0 saturated carbocycles. The molecule has 0 aromatic carbocycles. The fourth-order valence-electron chi connectivity index (χ4n) is 1.84. The molecular formula is C12H28N2O2. The molecule has 0 aliphatic rings. The molecular weight excluding hydrogens is 204 g/mol. The summed E-state index contributed by atoms with van der Waals surface area (Å²) in [6.45, 7) is 6.45. The lowest BCUT2D eigenvalue weighted by Gasteiger charge is -2.30. The molecule has 0 bridgehead atoms. The lowest BCUT2D eigenvalue weighted by molar-refractivity contribution is 0.104. The molecule has 2 atom stereocenters. The van der Waals surface area contributed by atoms with Crippen LogP contribution in [0.25, 0.3) is 0 Å². The summed E-state index contributed by atoms with van der Waals surface area (Å²) in [7, 11) is 4.08. The SMILES string of the molecule is CCC(CO)N(C)CCN(C)C(CC)CO. The molecule has 16 heavy (non-hydrogen) atoms. The van der Waals surface area contributed by atoms with Crippen molar-refractivity contribution in [3.8, 4) is 0 Å². The maximum Gasteiger partial charge on any atom is 0.0586 e. The van der Waals surface area contributed by atoms with Crippen molar-refractivity contribution in [2.45, 2.75) is 38.8 Å². The van der Waals surface area contributed by atoms with Crippen molar-refractivity contribution in [3.63, 3.8) is 0 Å². The first-order valence-corrected chi connectivity index (χ1v) is 6.22. The van der Waals surface area contributed by atoms with Gasteiger partial charge in [-0.15, -0.1) is 0 Å². The Hall–Kier alpha value is -0.160. The molecule has 0 aliphatic carbocycles. The molecule has 0 rings (SSSR count). The van der Waals surface area contributed by atoms with E-state index in [1.807, 2.05) is 14.1 Å². The van der Waals surface area contributed by atoms with Crippen molar-refractivity contribution >= 4 is 0 Å². The molecule has 2 N–H and O–H groups in total. The van der Waals surface area contributed by atoms with Crippen LogP contribution in [0.15, 0.2) is 0 Å². The topological polar surface area (TPSA) is 46.9 Å². The van der Waals surface area contributed by atoms with Gasteiger partial charge in [-0.3, -0.25) is 9.80 Å². The summed E-state index contributed by atoms with van der Waals surface area (Å²) in [6, 6.07) is 0.505. The molecule has 0 heterocycles. The molecule has 4 heteroatoms. The lowest BCUT2D eigenvalue weighted by atomic mass is 10.2. The monoisotopic (exact) mass is 232 g/mol. The predicted octanol–water partition coefficient (Wildman–Crippen LogP) is 0.392. The fraction of sp³-hybridized carbons (Fsp3) is 1.00. The van der Waals surface area contributed by atoms with E-state index in [9.17, 15) is 0 Å². The van der Waals surface area contributed by atoms with Gasteiger partial charge < -0.3 is 10.2 Å². The maximum absolute atomic E-state index is 9.17. The zero-order valence-electron chi connectivity index (χ0n) is 11.2.